The molecule has 5 nitrogen and oxygen atoms in total. The summed E-state index contributed by atoms with van der Waals surface area (Å²) in [7, 11) is -4.04. The maximum atomic E-state index is 12.7. The zero-order valence-electron chi connectivity index (χ0n) is 13.3. The molecule has 0 aliphatic heterocycles. The average molecular weight is 401 g/mol. The second kappa shape index (κ2) is 7.22. The van der Waals surface area contributed by atoms with E-state index in [1.165, 1.54) is 0 Å². The summed E-state index contributed by atoms with van der Waals surface area (Å²) in [5, 5.41) is 8.21. The number of hydrogen-bond donors (Lipinski definition) is 1. The number of halogens is 3. The van der Waals surface area contributed by atoms with Gasteiger partial charge in [-0.25, -0.2) is 13.1 Å². The molecule has 3 rings (SSSR count). The largest absolute Gasteiger partial charge is 0.416 e. The zero-order valence-corrected chi connectivity index (χ0v) is 14.9. The summed E-state index contributed by atoms with van der Waals surface area (Å²) in [5.74, 6) is 0. The molecule has 2 aromatic heterocycles. The lowest BCUT2D eigenvalue weighted by Gasteiger charge is -2.10. The minimum atomic E-state index is -4.60. The number of nitrogens with one attached hydrogen (secondary N) is 1. The van der Waals surface area contributed by atoms with Crippen LogP contribution in [0.3, 0.4) is 0 Å². The SMILES string of the molecule is O=S(=O)(NCCn1ccc(-c2ccsc2)n1)c1cccc(C(F)(F)F)c1. The van der Waals surface area contributed by atoms with Crippen molar-refractivity contribution in [3.8, 4) is 11.3 Å². The molecule has 0 radical (unpaired) electrons. The van der Waals surface area contributed by atoms with Crippen molar-refractivity contribution in [1.82, 2.24) is 14.5 Å². The lowest BCUT2D eigenvalue weighted by atomic mass is 10.2. The number of thiophene rings is 1. The third-order valence-corrected chi connectivity index (χ3v) is 5.70. The molecule has 138 valence electrons. The van der Waals surface area contributed by atoms with E-state index in [0.717, 1.165) is 29.5 Å². The van der Waals surface area contributed by atoms with Crippen LogP contribution in [-0.4, -0.2) is 24.7 Å². The van der Waals surface area contributed by atoms with E-state index in [9.17, 15) is 21.6 Å². The van der Waals surface area contributed by atoms with Crippen LogP contribution < -0.4 is 4.72 Å². The molecule has 0 spiro atoms. The molecule has 0 unspecified atom stereocenters. The first-order valence-corrected chi connectivity index (χ1v) is 9.91. The van der Waals surface area contributed by atoms with Crippen LogP contribution in [0, 0.1) is 0 Å². The molecule has 0 amide bonds. The summed E-state index contributed by atoms with van der Waals surface area (Å²) in [5.41, 5.74) is 0.734. The minimum absolute atomic E-state index is 0.00331. The quantitative estimate of drug-likeness (QED) is 0.686. The molecule has 1 aromatic carbocycles. The molecule has 0 aliphatic carbocycles. The van der Waals surface area contributed by atoms with Gasteiger partial charge in [-0.05, 0) is 35.7 Å². The van der Waals surface area contributed by atoms with Crippen molar-refractivity contribution in [2.24, 2.45) is 0 Å². The van der Waals surface area contributed by atoms with E-state index in [1.54, 1.807) is 22.2 Å². The van der Waals surface area contributed by atoms with Crippen molar-refractivity contribution in [1.29, 1.82) is 0 Å². The van der Waals surface area contributed by atoms with Gasteiger partial charge in [0.2, 0.25) is 10.0 Å². The van der Waals surface area contributed by atoms with Crippen molar-refractivity contribution in [2.45, 2.75) is 17.6 Å². The van der Waals surface area contributed by atoms with E-state index in [4.69, 9.17) is 0 Å². The van der Waals surface area contributed by atoms with E-state index in [-0.39, 0.29) is 13.1 Å². The fraction of sp³-hybridized carbons (Fsp3) is 0.188. The second-order valence-electron chi connectivity index (χ2n) is 5.40. The first kappa shape index (κ1) is 18.6. The van der Waals surface area contributed by atoms with Gasteiger partial charge < -0.3 is 0 Å². The summed E-state index contributed by atoms with van der Waals surface area (Å²) in [6.07, 6.45) is -2.88. The number of sulfonamides is 1. The molecule has 0 bridgehead atoms. The highest BCUT2D eigenvalue weighted by Gasteiger charge is 2.31. The molecule has 0 saturated carbocycles. The predicted molar refractivity (Wildman–Crippen MR) is 92.2 cm³/mol. The van der Waals surface area contributed by atoms with Crippen LogP contribution in [0.5, 0.6) is 0 Å². The van der Waals surface area contributed by atoms with E-state index >= 15 is 0 Å². The van der Waals surface area contributed by atoms with Crippen molar-refractivity contribution in [2.75, 3.05) is 6.54 Å². The fourth-order valence-electron chi connectivity index (χ4n) is 2.27. The topological polar surface area (TPSA) is 64.0 Å². The van der Waals surface area contributed by atoms with E-state index in [0.29, 0.717) is 6.07 Å². The van der Waals surface area contributed by atoms with Crippen molar-refractivity contribution < 1.29 is 21.6 Å². The average Bonchev–Trinajstić information content (AvgIpc) is 3.25. The Labute approximate surface area is 152 Å². The van der Waals surface area contributed by atoms with Gasteiger partial charge in [-0.3, -0.25) is 4.68 Å². The number of aromatic nitrogens is 2. The Kier molecular flexibility index (Phi) is 5.17. The summed E-state index contributed by atoms with van der Waals surface area (Å²) in [6, 6.07) is 7.37. The van der Waals surface area contributed by atoms with Crippen LogP contribution in [-0.2, 0) is 22.7 Å². The van der Waals surface area contributed by atoms with Crippen LogP contribution in [0.25, 0.3) is 11.3 Å². The van der Waals surface area contributed by atoms with Crippen LogP contribution in [0.2, 0.25) is 0 Å². The molecular formula is C16H14F3N3O2S2. The predicted octanol–water partition coefficient (Wildman–Crippen LogP) is 3.61. The summed E-state index contributed by atoms with van der Waals surface area (Å²) in [6.45, 7) is 0.256. The lowest BCUT2D eigenvalue weighted by Crippen LogP contribution is -2.27. The molecule has 26 heavy (non-hydrogen) atoms. The van der Waals surface area contributed by atoms with E-state index in [2.05, 4.69) is 9.82 Å². The van der Waals surface area contributed by atoms with Gasteiger partial charge in [0, 0.05) is 23.7 Å². The van der Waals surface area contributed by atoms with Gasteiger partial charge in [-0.1, -0.05) is 6.07 Å². The Morgan fingerprint density at radius 3 is 2.69 bits per heavy atom. The monoisotopic (exact) mass is 401 g/mol. The number of benzene rings is 1. The number of hydrogen-bond acceptors (Lipinski definition) is 4. The van der Waals surface area contributed by atoms with Gasteiger partial charge in [-0.2, -0.15) is 29.6 Å². The fourth-order valence-corrected chi connectivity index (χ4v) is 3.98. The van der Waals surface area contributed by atoms with Crippen LogP contribution in [0.4, 0.5) is 13.2 Å². The number of nitrogens with zero attached hydrogens (tertiary/aromatic N) is 2. The zero-order chi connectivity index (χ0) is 18.8. The van der Waals surface area contributed by atoms with Gasteiger partial charge in [-0.15, -0.1) is 0 Å². The van der Waals surface area contributed by atoms with Crippen LogP contribution in [0.1, 0.15) is 5.56 Å². The highest BCUT2D eigenvalue weighted by atomic mass is 32.2. The number of rotatable bonds is 6. The lowest BCUT2D eigenvalue weighted by molar-refractivity contribution is -0.137. The van der Waals surface area contributed by atoms with E-state index in [1.807, 2.05) is 22.9 Å². The summed E-state index contributed by atoms with van der Waals surface area (Å²) < 4.78 is 66.4. The van der Waals surface area contributed by atoms with Crippen molar-refractivity contribution in [3.05, 3.63) is 58.9 Å². The van der Waals surface area contributed by atoms with Gasteiger partial charge in [0.1, 0.15) is 0 Å². The Bertz CT molecular complexity index is 980. The normalized spacial score (nSPS) is 12.4. The van der Waals surface area contributed by atoms with Gasteiger partial charge >= 0.3 is 6.18 Å². The van der Waals surface area contributed by atoms with Crippen LogP contribution >= 0.6 is 11.3 Å². The van der Waals surface area contributed by atoms with Crippen molar-refractivity contribution >= 4 is 21.4 Å². The van der Waals surface area contributed by atoms with Gasteiger partial charge in [0.25, 0.3) is 0 Å². The Morgan fingerprint density at radius 1 is 1.19 bits per heavy atom. The first-order chi connectivity index (χ1) is 12.3. The number of alkyl halides is 3. The smallest absolute Gasteiger partial charge is 0.271 e. The third kappa shape index (κ3) is 4.32. The van der Waals surface area contributed by atoms with Gasteiger partial charge in [0.05, 0.1) is 22.7 Å². The third-order valence-electron chi connectivity index (χ3n) is 3.56. The molecule has 0 fully saturated rings. The maximum Gasteiger partial charge on any atom is 0.416 e. The molecule has 0 aliphatic rings. The molecule has 2 heterocycles. The molecule has 0 atom stereocenters. The minimum Gasteiger partial charge on any atom is -0.271 e. The Morgan fingerprint density at radius 2 is 2.00 bits per heavy atom. The Hall–Kier alpha value is -2.17. The molecule has 0 saturated heterocycles. The molecule has 1 N–H and O–H groups in total. The van der Waals surface area contributed by atoms with E-state index < -0.39 is 26.7 Å². The van der Waals surface area contributed by atoms with Crippen molar-refractivity contribution in [3.63, 3.8) is 0 Å². The Balaban J connectivity index is 1.64. The molecule has 10 heteroatoms. The standard InChI is InChI=1S/C16H14F3N3O2S2/c17-16(18,19)13-2-1-3-14(10-13)26(23,24)20-6-8-22-7-4-15(21-22)12-5-9-25-11-12/h1-5,7,9-11,20H,6,8H2. The summed E-state index contributed by atoms with van der Waals surface area (Å²) >= 11 is 1.54. The highest BCUT2D eigenvalue weighted by molar-refractivity contribution is 7.89. The highest BCUT2D eigenvalue weighted by Crippen LogP contribution is 2.30. The van der Waals surface area contributed by atoms with Crippen LogP contribution in [0.15, 0.2) is 58.3 Å². The first-order valence-electron chi connectivity index (χ1n) is 7.49. The molecule has 3 aromatic rings. The molecular weight excluding hydrogens is 387 g/mol. The second-order valence-corrected chi connectivity index (χ2v) is 7.95. The maximum absolute atomic E-state index is 12.7. The summed E-state index contributed by atoms with van der Waals surface area (Å²) in [4.78, 5) is -0.424. The van der Waals surface area contributed by atoms with Gasteiger partial charge in [0.15, 0.2) is 0 Å².